The summed E-state index contributed by atoms with van der Waals surface area (Å²) in [7, 11) is 1.65. The minimum Gasteiger partial charge on any atom is -0.406 e. The van der Waals surface area contributed by atoms with Crippen molar-refractivity contribution in [3.63, 3.8) is 0 Å². The second kappa shape index (κ2) is 8.40. The lowest BCUT2D eigenvalue weighted by molar-refractivity contribution is -0.274. The van der Waals surface area contributed by atoms with Crippen molar-refractivity contribution in [2.75, 3.05) is 13.6 Å². The summed E-state index contributed by atoms with van der Waals surface area (Å²) in [4.78, 5) is 13.6. The van der Waals surface area contributed by atoms with Gasteiger partial charge in [0.15, 0.2) is 0 Å². The highest BCUT2D eigenvalue weighted by atomic mass is 35.5. The van der Waals surface area contributed by atoms with Gasteiger partial charge in [-0.05, 0) is 37.1 Å². The average Bonchev–Trinajstić information content (AvgIpc) is 2.89. The monoisotopic (exact) mass is 352 g/mol. The zero-order chi connectivity index (χ0) is 16.2. The zero-order valence-corrected chi connectivity index (χ0v) is 13.5. The first kappa shape index (κ1) is 19.6. The Bertz CT molecular complexity index is 520. The molecule has 1 fully saturated rings. The van der Waals surface area contributed by atoms with E-state index in [4.69, 9.17) is 0 Å². The third kappa shape index (κ3) is 6.66. The smallest absolute Gasteiger partial charge is 0.406 e. The zero-order valence-electron chi connectivity index (χ0n) is 12.7. The number of nitrogens with one attached hydrogen (secondary N) is 1. The molecule has 1 aromatic carbocycles. The van der Waals surface area contributed by atoms with Crippen molar-refractivity contribution < 1.29 is 22.7 Å². The van der Waals surface area contributed by atoms with Gasteiger partial charge in [-0.3, -0.25) is 4.79 Å². The van der Waals surface area contributed by atoms with Gasteiger partial charge in [0.05, 0.1) is 0 Å². The van der Waals surface area contributed by atoms with Gasteiger partial charge >= 0.3 is 6.36 Å². The number of rotatable bonds is 5. The first-order valence-electron chi connectivity index (χ1n) is 7.15. The number of halogens is 4. The van der Waals surface area contributed by atoms with E-state index in [-0.39, 0.29) is 36.7 Å². The molecule has 4 nitrogen and oxygen atoms in total. The summed E-state index contributed by atoms with van der Waals surface area (Å²) >= 11 is 0. The Morgan fingerprint density at radius 3 is 2.78 bits per heavy atom. The maximum atomic E-state index is 12.2. The number of hydrogen-bond donors (Lipinski definition) is 1. The first-order chi connectivity index (χ1) is 10.3. The highest BCUT2D eigenvalue weighted by molar-refractivity contribution is 5.85. The number of carbonyl (C=O) groups excluding carboxylic acids is 1. The molecule has 0 radical (unpaired) electrons. The summed E-state index contributed by atoms with van der Waals surface area (Å²) < 4.78 is 40.5. The van der Waals surface area contributed by atoms with Crippen LogP contribution in [0.3, 0.4) is 0 Å². The molecular formula is C15H20ClF3N2O2. The lowest BCUT2D eigenvalue weighted by atomic mass is 10.1. The molecule has 1 N–H and O–H groups in total. The Kier molecular flexibility index (Phi) is 7.15. The highest BCUT2D eigenvalue weighted by Crippen LogP contribution is 2.23. The van der Waals surface area contributed by atoms with E-state index in [1.807, 2.05) is 0 Å². The molecule has 1 saturated heterocycles. The van der Waals surface area contributed by atoms with Crippen LogP contribution in [0, 0.1) is 0 Å². The fraction of sp³-hybridized carbons (Fsp3) is 0.533. The number of alkyl halides is 3. The molecule has 1 amide bonds. The fourth-order valence-corrected chi connectivity index (χ4v) is 2.50. The number of carbonyl (C=O) groups is 1. The normalized spacial score (nSPS) is 17.5. The van der Waals surface area contributed by atoms with Gasteiger partial charge in [-0.25, -0.2) is 0 Å². The van der Waals surface area contributed by atoms with Gasteiger partial charge in [-0.2, -0.15) is 0 Å². The molecule has 1 atom stereocenters. The summed E-state index contributed by atoms with van der Waals surface area (Å²) in [5.41, 5.74) is 0.594. The van der Waals surface area contributed by atoms with Crippen LogP contribution in [0.1, 0.15) is 24.8 Å². The van der Waals surface area contributed by atoms with Crippen molar-refractivity contribution in [1.82, 2.24) is 10.2 Å². The third-order valence-electron chi connectivity index (χ3n) is 3.56. The Morgan fingerprint density at radius 1 is 1.43 bits per heavy atom. The summed E-state index contributed by atoms with van der Waals surface area (Å²) in [5.74, 6) is -0.301. The molecule has 1 unspecified atom stereocenters. The van der Waals surface area contributed by atoms with Gasteiger partial charge in [0.2, 0.25) is 5.91 Å². The molecule has 0 spiro atoms. The maximum Gasteiger partial charge on any atom is 0.573 e. The minimum absolute atomic E-state index is 0. The molecule has 0 aromatic heterocycles. The molecule has 23 heavy (non-hydrogen) atoms. The molecule has 2 rings (SSSR count). The second-order valence-corrected chi connectivity index (χ2v) is 5.44. The first-order valence-corrected chi connectivity index (χ1v) is 7.15. The van der Waals surface area contributed by atoms with E-state index in [0.717, 1.165) is 19.4 Å². The summed E-state index contributed by atoms with van der Waals surface area (Å²) in [5, 5.41) is 3.25. The summed E-state index contributed by atoms with van der Waals surface area (Å²) in [6, 6.07) is 5.88. The number of nitrogens with zero attached hydrogens (tertiary/aromatic N) is 1. The molecule has 0 bridgehead atoms. The van der Waals surface area contributed by atoms with Crippen LogP contribution in [-0.2, 0) is 11.3 Å². The van der Waals surface area contributed by atoms with Gasteiger partial charge in [0, 0.05) is 26.1 Å². The van der Waals surface area contributed by atoms with E-state index in [1.165, 1.54) is 23.1 Å². The minimum atomic E-state index is -4.71. The maximum absolute atomic E-state index is 12.2. The Balaban J connectivity index is 0.00000264. The van der Waals surface area contributed by atoms with Crippen molar-refractivity contribution in [2.24, 2.45) is 0 Å². The van der Waals surface area contributed by atoms with E-state index in [9.17, 15) is 18.0 Å². The SMILES string of the molecule is CN(Cc1cccc(OC(F)(F)F)c1)C(=O)CC1CCCN1.Cl. The van der Waals surface area contributed by atoms with Crippen LogP contribution in [-0.4, -0.2) is 36.8 Å². The standard InChI is InChI=1S/C15H19F3N2O2.ClH/c1-20(14(21)9-12-5-3-7-19-12)10-11-4-2-6-13(8-11)22-15(16,17)18;/h2,4,6,8,12,19H,3,5,7,9-10H2,1H3;1H. The molecular weight excluding hydrogens is 333 g/mol. The van der Waals surface area contributed by atoms with Gasteiger partial charge in [0.25, 0.3) is 0 Å². The van der Waals surface area contributed by atoms with Crippen LogP contribution in [0.4, 0.5) is 13.2 Å². The highest BCUT2D eigenvalue weighted by Gasteiger charge is 2.31. The lowest BCUT2D eigenvalue weighted by Crippen LogP contribution is -2.33. The van der Waals surface area contributed by atoms with Crippen molar-refractivity contribution in [3.8, 4) is 5.75 Å². The van der Waals surface area contributed by atoms with Crippen LogP contribution >= 0.6 is 12.4 Å². The average molecular weight is 353 g/mol. The lowest BCUT2D eigenvalue weighted by Gasteiger charge is -2.20. The molecule has 1 aliphatic rings. The molecule has 8 heteroatoms. The fourth-order valence-electron chi connectivity index (χ4n) is 2.50. The van der Waals surface area contributed by atoms with Crippen molar-refractivity contribution in [2.45, 2.75) is 38.2 Å². The Labute approximate surface area is 139 Å². The van der Waals surface area contributed by atoms with E-state index >= 15 is 0 Å². The van der Waals surface area contributed by atoms with Crippen LogP contribution < -0.4 is 10.1 Å². The third-order valence-corrected chi connectivity index (χ3v) is 3.56. The summed E-state index contributed by atoms with van der Waals surface area (Å²) in [6.45, 7) is 1.18. The van der Waals surface area contributed by atoms with Gasteiger partial charge < -0.3 is 15.0 Å². The van der Waals surface area contributed by atoms with Crippen LogP contribution in [0.15, 0.2) is 24.3 Å². The van der Waals surface area contributed by atoms with Crippen LogP contribution in [0.2, 0.25) is 0 Å². The van der Waals surface area contributed by atoms with E-state index in [1.54, 1.807) is 13.1 Å². The number of amides is 1. The van der Waals surface area contributed by atoms with Crippen molar-refractivity contribution in [3.05, 3.63) is 29.8 Å². The largest absolute Gasteiger partial charge is 0.573 e. The van der Waals surface area contributed by atoms with Crippen molar-refractivity contribution >= 4 is 18.3 Å². The van der Waals surface area contributed by atoms with Gasteiger partial charge in [0.1, 0.15) is 5.75 Å². The molecule has 0 aliphatic carbocycles. The Morgan fingerprint density at radius 2 is 2.17 bits per heavy atom. The number of benzene rings is 1. The quantitative estimate of drug-likeness (QED) is 0.885. The van der Waals surface area contributed by atoms with Crippen LogP contribution in [0.25, 0.3) is 0 Å². The predicted molar refractivity (Wildman–Crippen MR) is 82.5 cm³/mol. The summed E-state index contributed by atoms with van der Waals surface area (Å²) in [6.07, 6.45) is -2.25. The molecule has 130 valence electrons. The number of ether oxygens (including phenoxy) is 1. The van der Waals surface area contributed by atoms with E-state index in [0.29, 0.717) is 12.0 Å². The van der Waals surface area contributed by atoms with E-state index in [2.05, 4.69) is 10.1 Å². The molecule has 0 saturated carbocycles. The predicted octanol–water partition coefficient (Wildman–Crippen LogP) is 3.11. The molecule has 1 aromatic rings. The molecule has 1 aliphatic heterocycles. The van der Waals surface area contributed by atoms with Crippen molar-refractivity contribution in [1.29, 1.82) is 0 Å². The Hall–Kier alpha value is -1.47. The van der Waals surface area contributed by atoms with Gasteiger partial charge in [-0.15, -0.1) is 25.6 Å². The number of hydrogen-bond acceptors (Lipinski definition) is 3. The molecule has 1 heterocycles. The van der Waals surface area contributed by atoms with Gasteiger partial charge in [-0.1, -0.05) is 12.1 Å². The van der Waals surface area contributed by atoms with Crippen LogP contribution in [0.5, 0.6) is 5.75 Å². The topological polar surface area (TPSA) is 41.6 Å². The van der Waals surface area contributed by atoms with E-state index < -0.39 is 6.36 Å². The second-order valence-electron chi connectivity index (χ2n) is 5.44.